The third-order valence-electron chi connectivity index (χ3n) is 15.0. The average molecular weight is 1080 g/mol. The van der Waals surface area contributed by atoms with Crippen molar-refractivity contribution in [1.82, 2.24) is 0 Å². The minimum Gasteiger partial charge on any atom is -0.462 e. The second kappa shape index (κ2) is 65.6. The largest absolute Gasteiger partial charge is 0.462 e. The lowest BCUT2D eigenvalue weighted by atomic mass is 10.0. The molecule has 6 heteroatoms. The van der Waals surface area contributed by atoms with Crippen LogP contribution in [0.15, 0.2) is 60.8 Å². The molecule has 0 aromatic rings. The molecule has 0 bridgehead atoms. The SMILES string of the molecule is CCCC/C=C\C/C=C\CCCCCCCC(=O)OC(COC(=O)CCCCCCC/C=C\CCCCCCC)COC(=O)CCCCCCCCCCCCCCCCCCCCC/C=C\C/C=C\CCCCCCC. The van der Waals surface area contributed by atoms with Crippen molar-refractivity contribution in [3.05, 3.63) is 60.8 Å². The zero-order chi connectivity index (χ0) is 55.7. The maximum atomic E-state index is 12.9. The highest BCUT2D eigenvalue weighted by Gasteiger charge is 2.19. The maximum Gasteiger partial charge on any atom is 0.306 e. The molecule has 6 nitrogen and oxygen atoms in total. The van der Waals surface area contributed by atoms with Gasteiger partial charge in [-0.15, -0.1) is 0 Å². The topological polar surface area (TPSA) is 78.9 Å². The zero-order valence-electron chi connectivity index (χ0n) is 51.5. The summed E-state index contributed by atoms with van der Waals surface area (Å²) < 4.78 is 16.9. The van der Waals surface area contributed by atoms with E-state index >= 15 is 0 Å². The Bertz CT molecular complexity index is 1380. The fourth-order valence-corrected chi connectivity index (χ4v) is 9.84. The predicted molar refractivity (Wildman–Crippen MR) is 335 cm³/mol. The Morgan fingerprint density at radius 2 is 0.481 bits per heavy atom. The van der Waals surface area contributed by atoms with Crippen molar-refractivity contribution < 1.29 is 28.6 Å². The van der Waals surface area contributed by atoms with E-state index in [-0.39, 0.29) is 31.1 Å². The van der Waals surface area contributed by atoms with Crippen molar-refractivity contribution in [2.24, 2.45) is 0 Å². The van der Waals surface area contributed by atoms with Gasteiger partial charge in [0.1, 0.15) is 13.2 Å². The van der Waals surface area contributed by atoms with Crippen molar-refractivity contribution in [2.75, 3.05) is 13.2 Å². The van der Waals surface area contributed by atoms with Crippen molar-refractivity contribution in [1.29, 1.82) is 0 Å². The summed E-state index contributed by atoms with van der Waals surface area (Å²) in [5.41, 5.74) is 0. The quantitative estimate of drug-likeness (QED) is 0.0261. The first-order valence-electron chi connectivity index (χ1n) is 33.8. The van der Waals surface area contributed by atoms with Gasteiger partial charge in [0.2, 0.25) is 0 Å². The number of carbonyl (C=O) groups excluding carboxylic acids is 3. The molecule has 0 aliphatic rings. The number of hydrogen-bond acceptors (Lipinski definition) is 6. The summed E-state index contributed by atoms with van der Waals surface area (Å²) in [6.45, 7) is 6.60. The number of esters is 3. The second-order valence-electron chi connectivity index (χ2n) is 22.7. The molecule has 1 atom stereocenters. The molecule has 0 radical (unpaired) electrons. The molecule has 0 N–H and O–H groups in total. The van der Waals surface area contributed by atoms with E-state index in [0.717, 1.165) is 96.3 Å². The molecule has 0 aliphatic heterocycles. The van der Waals surface area contributed by atoms with Crippen LogP contribution in [0.5, 0.6) is 0 Å². The third-order valence-corrected chi connectivity index (χ3v) is 15.0. The van der Waals surface area contributed by atoms with Gasteiger partial charge in [-0.3, -0.25) is 14.4 Å². The second-order valence-corrected chi connectivity index (χ2v) is 22.7. The number of allylic oxidation sites excluding steroid dienone is 10. The molecular formula is C71H128O6. The molecule has 0 saturated carbocycles. The maximum absolute atomic E-state index is 12.9. The molecule has 0 amide bonds. The summed E-state index contributed by atoms with van der Waals surface area (Å²) in [5, 5.41) is 0. The molecule has 77 heavy (non-hydrogen) atoms. The summed E-state index contributed by atoms with van der Waals surface area (Å²) in [7, 11) is 0. The predicted octanol–water partition coefficient (Wildman–Crippen LogP) is 23.1. The van der Waals surface area contributed by atoms with Gasteiger partial charge in [0, 0.05) is 19.3 Å². The molecule has 0 rings (SSSR count). The van der Waals surface area contributed by atoms with E-state index in [1.165, 1.54) is 218 Å². The molecule has 448 valence electrons. The van der Waals surface area contributed by atoms with Crippen LogP contribution in [0.3, 0.4) is 0 Å². The molecule has 0 aromatic carbocycles. The number of carbonyl (C=O) groups is 3. The minimum absolute atomic E-state index is 0.0793. The fraction of sp³-hybridized carbons (Fsp3) is 0.817. The van der Waals surface area contributed by atoms with Gasteiger partial charge in [0.05, 0.1) is 0 Å². The third kappa shape index (κ3) is 63.8. The van der Waals surface area contributed by atoms with Crippen LogP contribution in [-0.4, -0.2) is 37.2 Å². The molecule has 0 fully saturated rings. The number of ether oxygens (including phenoxy) is 3. The van der Waals surface area contributed by atoms with E-state index in [2.05, 4.69) is 81.5 Å². The normalized spacial score (nSPS) is 12.4. The van der Waals surface area contributed by atoms with Crippen LogP contribution in [0, 0.1) is 0 Å². The Morgan fingerprint density at radius 3 is 0.766 bits per heavy atom. The Morgan fingerprint density at radius 1 is 0.260 bits per heavy atom. The molecule has 0 aromatic heterocycles. The average Bonchev–Trinajstić information content (AvgIpc) is 3.43. The van der Waals surface area contributed by atoms with Gasteiger partial charge in [-0.25, -0.2) is 0 Å². The van der Waals surface area contributed by atoms with Gasteiger partial charge in [-0.05, 0) is 103 Å². The van der Waals surface area contributed by atoms with Gasteiger partial charge in [0.15, 0.2) is 6.10 Å². The summed E-state index contributed by atoms with van der Waals surface area (Å²) in [6.07, 6.45) is 83.9. The Hall–Kier alpha value is -2.89. The first-order chi connectivity index (χ1) is 38.0. The Kier molecular flexibility index (Phi) is 63.2. The summed E-state index contributed by atoms with van der Waals surface area (Å²) >= 11 is 0. The molecule has 0 aliphatic carbocycles. The zero-order valence-corrected chi connectivity index (χ0v) is 51.5. The number of hydrogen-bond donors (Lipinski definition) is 0. The highest BCUT2D eigenvalue weighted by molar-refractivity contribution is 5.71. The van der Waals surface area contributed by atoms with E-state index in [1.54, 1.807) is 0 Å². The smallest absolute Gasteiger partial charge is 0.306 e. The summed E-state index contributed by atoms with van der Waals surface area (Å²) in [6, 6.07) is 0. The van der Waals surface area contributed by atoms with Crippen LogP contribution in [-0.2, 0) is 28.6 Å². The monoisotopic (exact) mass is 1080 g/mol. The van der Waals surface area contributed by atoms with Crippen LogP contribution in [0.4, 0.5) is 0 Å². The van der Waals surface area contributed by atoms with Crippen LogP contribution >= 0.6 is 0 Å². The van der Waals surface area contributed by atoms with Crippen molar-refractivity contribution >= 4 is 17.9 Å². The van der Waals surface area contributed by atoms with Crippen LogP contribution in [0.25, 0.3) is 0 Å². The lowest BCUT2D eigenvalue weighted by Gasteiger charge is -2.18. The molecule has 1 unspecified atom stereocenters. The molecule has 0 spiro atoms. The number of rotatable bonds is 62. The summed E-state index contributed by atoms with van der Waals surface area (Å²) in [5.74, 6) is -0.885. The number of unbranched alkanes of at least 4 members (excludes halogenated alkanes) is 41. The van der Waals surface area contributed by atoms with E-state index in [1.807, 2.05) is 0 Å². The first-order valence-corrected chi connectivity index (χ1v) is 33.8. The standard InChI is InChI=1S/C71H128O6/c1-4-7-10-13-16-19-22-25-28-29-30-31-32-33-34-35-36-37-38-39-40-41-42-43-44-47-49-52-55-58-61-64-70(73)76-67-68(77-71(74)65-62-59-56-53-50-46-27-24-21-18-15-12-9-6-3)66-75-69(72)63-60-57-54-51-48-45-26-23-20-17-14-11-8-5-2/h15,18,22-27,29-30,68H,4-14,16-17,19-21,28,31-67H2,1-3H3/b18-15-,25-22-,26-23-,27-24-,30-29-. The van der Waals surface area contributed by atoms with Gasteiger partial charge in [0.25, 0.3) is 0 Å². The van der Waals surface area contributed by atoms with Crippen molar-refractivity contribution in [3.8, 4) is 0 Å². The fourth-order valence-electron chi connectivity index (χ4n) is 9.84. The van der Waals surface area contributed by atoms with Crippen molar-refractivity contribution in [2.45, 2.75) is 361 Å². The Labute approximate surface area is 479 Å². The van der Waals surface area contributed by atoms with Gasteiger partial charge in [-0.1, -0.05) is 293 Å². The van der Waals surface area contributed by atoms with E-state index in [9.17, 15) is 14.4 Å². The van der Waals surface area contributed by atoms with Gasteiger partial charge >= 0.3 is 17.9 Å². The summed E-state index contributed by atoms with van der Waals surface area (Å²) in [4.78, 5) is 38.3. The molecular weight excluding hydrogens is 949 g/mol. The highest BCUT2D eigenvalue weighted by atomic mass is 16.6. The molecule has 0 heterocycles. The van der Waals surface area contributed by atoms with Crippen LogP contribution in [0.2, 0.25) is 0 Å². The Balaban J connectivity index is 4.15. The van der Waals surface area contributed by atoms with E-state index in [0.29, 0.717) is 19.3 Å². The highest BCUT2D eigenvalue weighted by Crippen LogP contribution is 2.17. The van der Waals surface area contributed by atoms with Crippen molar-refractivity contribution in [3.63, 3.8) is 0 Å². The van der Waals surface area contributed by atoms with E-state index in [4.69, 9.17) is 14.2 Å². The first kappa shape index (κ1) is 74.1. The van der Waals surface area contributed by atoms with Crippen LogP contribution in [0.1, 0.15) is 355 Å². The molecule has 0 saturated heterocycles. The van der Waals surface area contributed by atoms with E-state index < -0.39 is 6.10 Å². The minimum atomic E-state index is -0.784. The van der Waals surface area contributed by atoms with Gasteiger partial charge < -0.3 is 14.2 Å². The lowest BCUT2D eigenvalue weighted by Crippen LogP contribution is -2.30. The van der Waals surface area contributed by atoms with Crippen LogP contribution < -0.4 is 0 Å². The van der Waals surface area contributed by atoms with Gasteiger partial charge in [-0.2, -0.15) is 0 Å². The lowest BCUT2D eigenvalue weighted by molar-refractivity contribution is -0.167.